The first kappa shape index (κ1) is 22.8. The summed E-state index contributed by atoms with van der Waals surface area (Å²) in [5.41, 5.74) is 1.13. The van der Waals surface area contributed by atoms with Gasteiger partial charge in [0.2, 0.25) is 5.88 Å². The number of pyridine rings is 1. The predicted octanol–water partition coefficient (Wildman–Crippen LogP) is 8.47. The molecular weight excluding hydrogens is 456 g/mol. The lowest BCUT2D eigenvalue weighted by Gasteiger charge is -2.40. The van der Waals surface area contributed by atoms with Gasteiger partial charge in [-0.1, -0.05) is 56.9 Å². The second-order valence-electron chi connectivity index (χ2n) is 6.52. The van der Waals surface area contributed by atoms with E-state index < -0.39 is 22.3 Å². The van der Waals surface area contributed by atoms with Crippen molar-refractivity contribution >= 4 is 22.7 Å². The summed E-state index contributed by atoms with van der Waals surface area (Å²) in [6, 6.07) is 12.1. The molecule has 0 atom stereocenters. The summed E-state index contributed by atoms with van der Waals surface area (Å²) in [6.07, 6.45) is 1.42. The molecule has 0 bridgehead atoms. The van der Waals surface area contributed by atoms with E-state index in [1.807, 2.05) is 0 Å². The van der Waals surface area contributed by atoms with Crippen LogP contribution < -0.4 is 10.0 Å². The topological polar surface area (TPSA) is 39.2 Å². The van der Waals surface area contributed by atoms with Gasteiger partial charge in [0.05, 0.1) is 0 Å². The predicted molar refractivity (Wildman–Crippen MR) is 115 cm³/mol. The Labute approximate surface area is 176 Å². The van der Waals surface area contributed by atoms with Crippen molar-refractivity contribution in [1.82, 2.24) is 4.98 Å². The molecule has 0 radical (unpaired) electrons. The smallest absolute Gasteiger partial charge is 0.310 e. The average Bonchev–Trinajstić information content (AvgIpc) is 2.72. The van der Waals surface area contributed by atoms with Gasteiger partial charge in [-0.2, -0.15) is 0 Å². The number of hydrogen-bond acceptors (Lipinski definition) is 3. The standard InChI is InChI=1S/C21H17F5NO2PS/c1-3-30(28,4-2)18-11-7-16(8-12-18)20-6-5-15-27-21(20)29-17-9-13-19(14-10-17)31(22,23,24,25)26/h3-15H,1-2H2. The molecule has 0 spiro atoms. The van der Waals surface area contributed by atoms with Crippen LogP contribution in [0.15, 0.2) is 96.5 Å². The molecule has 31 heavy (non-hydrogen) atoms. The molecule has 3 aromatic rings. The van der Waals surface area contributed by atoms with Crippen molar-refractivity contribution in [2.24, 2.45) is 0 Å². The van der Waals surface area contributed by atoms with Crippen molar-refractivity contribution in [2.45, 2.75) is 4.90 Å². The Kier molecular flexibility index (Phi) is 5.19. The normalized spacial score (nSPS) is 14.2. The van der Waals surface area contributed by atoms with Gasteiger partial charge in [0, 0.05) is 17.1 Å². The largest absolute Gasteiger partial charge is 0.438 e. The highest BCUT2D eigenvalue weighted by Gasteiger charge is 2.65. The van der Waals surface area contributed by atoms with Gasteiger partial charge in [-0.05, 0) is 53.6 Å². The van der Waals surface area contributed by atoms with E-state index in [-0.39, 0.29) is 23.8 Å². The van der Waals surface area contributed by atoms with E-state index >= 15 is 0 Å². The lowest BCUT2D eigenvalue weighted by molar-refractivity contribution is 0.363. The molecule has 3 rings (SSSR count). The van der Waals surface area contributed by atoms with Crippen LogP contribution in [0.5, 0.6) is 11.6 Å². The van der Waals surface area contributed by atoms with E-state index in [9.17, 15) is 24.0 Å². The van der Waals surface area contributed by atoms with Crippen molar-refractivity contribution in [2.75, 3.05) is 0 Å². The first-order chi connectivity index (χ1) is 14.3. The van der Waals surface area contributed by atoms with Crippen molar-refractivity contribution in [3.05, 3.63) is 91.7 Å². The van der Waals surface area contributed by atoms with E-state index in [0.717, 1.165) is 12.1 Å². The summed E-state index contributed by atoms with van der Waals surface area (Å²) in [7, 11) is -12.7. The Morgan fingerprint density at radius 2 is 1.45 bits per heavy atom. The highest BCUT2D eigenvalue weighted by Crippen LogP contribution is 3.02. The summed E-state index contributed by atoms with van der Waals surface area (Å²) in [6.45, 7) is 7.14. The fraction of sp³-hybridized carbons (Fsp3) is 0. The van der Waals surface area contributed by atoms with Gasteiger partial charge in [0.1, 0.15) is 10.6 Å². The molecule has 0 fully saturated rings. The Morgan fingerprint density at radius 1 is 0.871 bits per heavy atom. The SMILES string of the molecule is C=CP(=O)(C=C)c1ccc(-c2cccnc2Oc2ccc(S(F)(F)(F)(F)F)cc2)cc1. The van der Waals surface area contributed by atoms with Gasteiger partial charge in [-0.3, -0.25) is 0 Å². The van der Waals surface area contributed by atoms with E-state index in [2.05, 4.69) is 18.1 Å². The molecule has 0 N–H and O–H groups in total. The maximum absolute atomic E-state index is 12.9. The molecule has 0 saturated carbocycles. The molecular formula is C21H17F5NO2PS. The third kappa shape index (κ3) is 5.06. The van der Waals surface area contributed by atoms with Gasteiger partial charge in [0.15, 0.2) is 7.14 Å². The fourth-order valence-electron chi connectivity index (χ4n) is 2.73. The highest BCUT2D eigenvalue weighted by molar-refractivity contribution is 8.45. The number of hydrogen-bond donors (Lipinski definition) is 0. The second kappa shape index (κ2) is 7.07. The summed E-state index contributed by atoms with van der Waals surface area (Å²) in [4.78, 5) is 2.08. The van der Waals surface area contributed by atoms with Gasteiger partial charge in [-0.25, -0.2) is 4.98 Å². The number of ether oxygens (including phenoxy) is 1. The highest BCUT2D eigenvalue weighted by atomic mass is 32.5. The van der Waals surface area contributed by atoms with Crippen LogP contribution in [0, 0.1) is 0 Å². The summed E-state index contributed by atoms with van der Waals surface area (Å²) in [5, 5.41) is 0.527. The van der Waals surface area contributed by atoms with Crippen LogP contribution in [-0.4, -0.2) is 4.98 Å². The van der Waals surface area contributed by atoms with E-state index in [0.29, 0.717) is 16.4 Å². The lowest BCUT2D eigenvalue weighted by atomic mass is 10.1. The molecule has 0 aliphatic heterocycles. The zero-order chi connectivity index (χ0) is 23.0. The summed E-state index contributed by atoms with van der Waals surface area (Å²) >= 11 is 0. The van der Waals surface area contributed by atoms with Crippen LogP contribution in [0.3, 0.4) is 0 Å². The lowest BCUT2D eigenvalue weighted by Crippen LogP contribution is -2.05. The van der Waals surface area contributed by atoms with Crippen molar-refractivity contribution in [1.29, 1.82) is 0 Å². The number of halogens is 5. The van der Waals surface area contributed by atoms with Crippen LogP contribution in [0.25, 0.3) is 11.1 Å². The Hall–Kier alpha value is -2.90. The maximum atomic E-state index is 12.9. The van der Waals surface area contributed by atoms with Gasteiger partial charge >= 0.3 is 10.2 Å². The second-order valence-corrected chi connectivity index (χ2v) is 11.6. The van der Waals surface area contributed by atoms with Gasteiger partial charge < -0.3 is 9.30 Å². The Balaban J connectivity index is 1.92. The average molecular weight is 473 g/mol. The van der Waals surface area contributed by atoms with Gasteiger partial charge in [0.25, 0.3) is 0 Å². The molecule has 164 valence electrons. The fourth-order valence-corrected chi connectivity index (χ4v) is 4.56. The number of benzene rings is 2. The quantitative estimate of drug-likeness (QED) is 0.255. The molecule has 0 amide bonds. The minimum absolute atomic E-state index is 0.0611. The molecule has 2 aromatic carbocycles. The molecule has 10 heteroatoms. The maximum Gasteiger partial charge on any atom is 0.310 e. The first-order valence-corrected chi connectivity index (χ1v) is 12.5. The number of rotatable bonds is 7. The van der Waals surface area contributed by atoms with Crippen LogP contribution >= 0.6 is 17.4 Å². The third-order valence-corrected chi connectivity index (χ3v) is 7.73. The van der Waals surface area contributed by atoms with E-state index in [4.69, 9.17) is 4.74 Å². The minimum Gasteiger partial charge on any atom is -0.438 e. The van der Waals surface area contributed by atoms with E-state index in [1.165, 1.54) is 17.8 Å². The minimum atomic E-state index is -9.76. The molecule has 1 aromatic heterocycles. The Morgan fingerprint density at radius 3 is 1.97 bits per heavy atom. The molecule has 1 heterocycles. The van der Waals surface area contributed by atoms with Crippen molar-refractivity contribution in [3.63, 3.8) is 0 Å². The molecule has 0 unspecified atom stereocenters. The summed E-state index contributed by atoms with van der Waals surface area (Å²) in [5.74, 6) is 2.64. The Bertz CT molecular complexity index is 1180. The van der Waals surface area contributed by atoms with Crippen LogP contribution in [-0.2, 0) is 4.57 Å². The van der Waals surface area contributed by atoms with Crippen LogP contribution in [0.1, 0.15) is 0 Å². The zero-order valence-corrected chi connectivity index (χ0v) is 17.6. The van der Waals surface area contributed by atoms with Crippen LogP contribution in [0.2, 0.25) is 0 Å². The monoisotopic (exact) mass is 473 g/mol. The third-order valence-electron chi connectivity index (χ3n) is 4.38. The summed E-state index contributed by atoms with van der Waals surface area (Å²) < 4.78 is 82.6. The molecule has 0 aliphatic carbocycles. The van der Waals surface area contributed by atoms with Crippen molar-refractivity contribution in [3.8, 4) is 22.8 Å². The van der Waals surface area contributed by atoms with E-state index in [1.54, 1.807) is 36.4 Å². The number of nitrogens with zero attached hydrogens (tertiary/aromatic N) is 1. The zero-order valence-electron chi connectivity index (χ0n) is 15.9. The van der Waals surface area contributed by atoms with Gasteiger partial charge in [-0.15, -0.1) is 0 Å². The van der Waals surface area contributed by atoms with Crippen molar-refractivity contribution < 1.29 is 28.7 Å². The molecule has 3 nitrogen and oxygen atoms in total. The van der Waals surface area contributed by atoms with Crippen LogP contribution in [0.4, 0.5) is 19.4 Å². The number of aromatic nitrogens is 1. The molecule has 0 aliphatic rings. The first-order valence-electron chi connectivity index (χ1n) is 8.70. The molecule has 0 saturated heterocycles.